The van der Waals surface area contributed by atoms with Crippen LogP contribution in [-0.4, -0.2) is 39.8 Å². The van der Waals surface area contributed by atoms with Gasteiger partial charge >= 0.3 is 5.69 Å². The molecule has 23 heavy (non-hydrogen) atoms. The number of rotatable bonds is 3. The fraction of sp³-hybridized carbons (Fsp3) is 0.438. The summed E-state index contributed by atoms with van der Waals surface area (Å²) in [4.78, 5) is 41.9. The van der Waals surface area contributed by atoms with Gasteiger partial charge in [0.15, 0.2) is 0 Å². The van der Waals surface area contributed by atoms with Gasteiger partial charge in [-0.2, -0.15) is 0 Å². The third-order valence-corrected chi connectivity index (χ3v) is 4.36. The topological polar surface area (TPSA) is 98.1 Å². The number of nitrogens with zero attached hydrogens (tertiary/aromatic N) is 1. The first-order valence-corrected chi connectivity index (χ1v) is 7.77. The van der Waals surface area contributed by atoms with Gasteiger partial charge in [-0.1, -0.05) is 6.07 Å². The van der Waals surface area contributed by atoms with E-state index in [1.165, 1.54) is 0 Å². The number of imidazole rings is 1. The van der Waals surface area contributed by atoms with Crippen molar-refractivity contribution in [3.05, 3.63) is 34.2 Å². The van der Waals surface area contributed by atoms with E-state index in [1.807, 2.05) is 18.2 Å². The van der Waals surface area contributed by atoms with E-state index in [0.717, 1.165) is 16.6 Å². The van der Waals surface area contributed by atoms with E-state index in [2.05, 4.69) is 15.3 Å². The number of fused-ring (bicyclic) bond motifs is 1. The van der Waals surface area contributed by atoms with Crippen molar-refractivity contribution in [3.63, 3.8) is 0 Å². The largest absolute Gasteiger partial charge is 0.352 e. The zero-order valence-corrected chi connectivity index (χ0v) is 13.0. The second kappa shape index (κ2) is 6.28. The van der Waals surface area contributed by atoms with E-state index in [1.54, 1.807) is 11.8 Å². The first-order valence-electron chi connectivity index (χ1n) is 7.77. The number of hydrogen-bond acceptors (Lipinski definition) is 3. The van der Waals surface area contributed by atoms with E-state index in [4.69, 9.17) is 0 Å². The van der Waals surface area contributed by atoms with E-state index < -0.39 is 0 Å². The highest BCUT2D eigenvalue weighted by atomic mass is 16.2. The first-order chi connectivity index (χ1) is 11.0. The molecule has 1 aromatic heterocycles. The van der Waals surface area contributed by atoms with Crippen LogP contribution in [0.2, 0.25) is 0 Å². The normalized spacial score (nSPS) is 15.8. The van der Waals surface area contributed by atoms with Gasteiger partial charge in [0.25, 0.3) is 0 Å². The van der Waals surface area contributed by atoms with Crippen LogP contribution in [0.5, 0.6) is 0 Å². The fourth-order valence-electron chi connectivity index (χ4n) is 2.98. The van der Waals surface area contributed by atoms with Gasteiger partial charge in [0.1, 0.15) is 0 Å². The molecule has 3 rings (SSSR count). The number of piperidine rings is 1. The quantitative estimate of drug-likeness (QED) is 0.778. The number of amides is 2. The lowest BCUT2D eigenvalue weighted by atomic mass is 9.96. The Morgan fingerprint density at radius 2 is 1.91 bits per heavy atom. The lowest BCUT2D eigenvalue weighted by Crippen LogP contribution is -2.42. The molecular weight excluding hydrogens is 296 g/mol. The van der Waals surface area contributed by atoms with Gasteiger partial charge in [-0.15, -0.1) is 0 Å². The second-order valence-corrected chi connectivity index (χ2v) is 5.96. The summed E-state index contributed by atoms with van der Waals surface area (Å²) >= 11 is 0. The molecule has 3 N–H and O–H groups in total. The Morgan fingerprint density at radius 3 is 2.61 bits per heavy atom. The highest BCUT2D eigenvalue weighted by Crippen LogP contribution is 2.18. The minimum Gasteiger partial charge on any atom is -0.352 e. The van der Waals surface area contributed by atoms with Crippen LogP contribution < -0.4 is 11.0 Å². The molecule has 1 saturated heterocycles. The molecule has 1 aliphatic heterocycles. The first kappa shape index (κ1) is 15.3. The Labute approximate surface area is 133 Å². The van der Waals surface area contributed by atoms with Crippen LogP contribution in [0.15, 0.2) is 23.0 Å². The molecule has 0 saturated carbocycles. The maximum absolute atomic E-state index is 12.2. The predicted octanol–water partition coefficient (Wildman–Crippen LogP) is 0.731. The molecular formula is C16H20N4O3. The van der Waals surface area contributed by atoms with Crippen molar-refractivity contribution < 1.29 is 9.59 Å². The number of benzene rings is 1. The van der Waals surface area contributed by atoms with Crippen molar-refractivity contribution in [3.8, 4) is 0 Å². The summed E-state index contributed by atoms with van der Waals surface area (Å²) in [7, 11) is 0. The Balaban J connectivity index is 1.56. The predicted molar refractivity (Wildman–Crippen MR) is 85.7 cm³/mol. The van der Waals surface area contributed by atoms with Gasteiger partial charge in [-0.3, -0.25) is 9.59 Å². The van der Waals surface area contributed by atoms with Gasteiger partial charge in [-0.05, 0) is 30.5 Å². The Morgan fingerprint density at radius 1 is 1.22 bits per heavy atom. The van der Waals surface area contributed by atoms with E-state index in [-0.39, 0.29) is 23.4 Å². The molecule has 2 amide bonds. The van der Waals surface area contributed by atoms with Crippen molar-refractivity contribution in [2.24, 2.45) is 5.92 Å². The Bertz CT molecular complexity index is 784. The van der Waals surface area contributed by atoms with Crippen LogP contribution in [0.4, 0.5) is 0 Å². The highest BCUT2D eigenvalue weighted by Gasteiger charge is 2.25. The second-order valence-electron chi connectivity index (χ2n) is 5.96. The third-order valence-electron chi connectivity index (χ3n) is 4.36. The molecule has 122 valence electrons. The van der Waals surface area contributed by atoms with Gasteiger partial charge in [-0.25, -0.2) is 4.79 Å². The SMILES string of the molecule is CC(=O)N1CCC(C(=O)NCc2ccc3[nH]c(=O)[nH]c3c2)CC1. The van der Waals surface area contributed by atoms with E-state index >= 15 is 0 Å². The number of aromatic nitrogens is 2. The third kappa shape index (κ3) is 3.44. The maximum Gasteiger partial charge on any atom is 0.323 e. The van der Waals surface area contributed by atoms with Gasteiger partial charge in [0.05, 0.1) is 11.0 Å². The van der Waals surface area contributed by atoms with Crippen LogP contribution in [0.1, 0.15) is 25.3 Å². The van der Waals surface area contributed by atoms with Crippen molar-refractivity contribution in [1.29, 1.82) is 0 Å². The van der Waals surface area contributed by atoms with Gasteiger partial charge in [0.2, 0.25) is 11.8 Å². The lowest BCUT2D eigenvalue weighted by Gasteiger charge is -2.30. The Hall–Kier alpha value is -2.57. The summed E-state index contributed by atoms with van der Waals surface area (Å²) in [6.45, 7) is 3.27. The molecule has 0 atom stereocenters. The van der Waals surface area contributed by atoms with E-state index in [0.29, 0.717) is 32.5 Å². The minimum absolute atomic E-state index is 0.0239. The number of H-pyrrole nitrogens is 2. The summed E-state index contributed by atoms with van der Waals surface area (Å²) in [5.74, 6) is 0.0508. The Kier molecular flexibility index (Phi) is 4.18. The van der Waals surface area contributed by atoms with Crippen molar-refractivity contribution >= 4 is 22.8 Å². The highest BCUT2D eigenvalue weighted by molar-refractivity contribution is 5.80. The zero-order chi connectivity index (χ0) is 16.4. The number of carbonyl (C=O) groups excluding carboxylic acids is 2. The number of hydrogen-bond donors (Lipinski definition) is 3. The standard InChI is InChI=1S/C16H20N4O3/c1-10(21)20-6-4-12(5-7-20)15(22)17-9-11-2-3-13-14(8-11)19-16(23)18-13/h2-3,8,12H,4-7,9H2,1H3,(H,17,22)(H2,18,19,23). The van der Waals surface area contributed by atoms with E-state index in [9.17, 15) is 14.4 Å². The van der Waals surface area contributed by atoms with Gasteiger partial charge in [0, 0.05) is 32.5 Å². The van der Waals surface area contributed by atoms with Crippen LogP contribution in [0.3, 0.4) is 0 Å². The number of carbonyl (C=O) groups is 2. The van der Waals surface area contributed by atoms with Crippen LogP contribution in [0, 0.1) is 5.92 Å². The van der Waals surface area contributed by atoms with Gasteiger partial charge < -0.3 is 20.2 Å². The molecule has 0 spiro atoms. The summed E-state index contributed by atoms with van der Waals surface area (Å²) < 4.78 is 0. The molecule has 7 heteroatoms. The molecule has 0 unspecified atom stereocenters. The molecule has 2 aromatic rings. The molecule has 0 aliphatic carbocycles. The minimum atomic E-state index is -0.238. The average Bonchev–Trinajstić information content (AvgIpc) is 2.92. The molecule has 1 aliphatic rings. The summed E-state index contributed by atoms with van der Waals surface area (Å²) in [5.41, 5.74) is 2.18. The fourth-order valence-corrected chi connectivity index (χ4v) is 2.98. The smallest absolute Gasteiger partial charge is 0.323 e. The monoisotopic (exact) mass is 316 g/mol. The molecule has 1 fully saturated rings. The van der Waals surface area contributed by atoms with Crippen LogP contribution in [0.25, 0.3) is 11.0 Å². The van der Waals surface area contributed by atoms with Crippen molar-refractivity contribution in [2.75, 3.05) is 13.1 Å². The lowest BCUT2D eigenvalue weighted by molar-refractivity contribution is -0.134. The maximum atomic E-state index is 12.2. The van der Waals surface area contributed by atoms with Crippen LogP contribution in [-0.2, 0) is 16.1 Å². The van der Waals surface area contributed by atoms with Crippen LogP contribution >= 0.6 is 0 Å². The molecule has 0 radical (unpaired) electrons. The molecule has 2 heterocycles. The summed E-state index contributed by atoms with van der Waals surface area (Å²) in [6, 6.07) is 5.55. The molecule has 0 bridgehead atoms. The molecule has 1 aromatic carbocycles. The number of aromatic amines is 2. The number of likely N-dealkylation sites (tertiary alicyclic amines) is 1. The summed E-state index contributed by atoms with van der Waals surface area (Å²) in [6.07, 6.45) is 1.41. The van der Waals surface area contributed by atoms with Crippen molar-refractivity contribution in [1.82, 2.24) is 20.2 Å². The molecule has 7 nitrogen and oxygen atoms in total. The summed E-state index contributed by atoms with van der Waals surface area (Å²) in [5, 5.41) is 2.94. The number of nitrogens with one attached hydrogen (secondary N) is 3. The van der Waals surface area contributed by atoms with Crippen molar-refractivity contribution in [2.45, 2.75) is 26.3 Å². The average molecular weight is 316 g/mol. The zero-order valence-electron chi connectivity index (χ0n) is 13.0.